The molecule has 18 N–H and O–H groups in total. The number of nitrogens with two attached hydrogens (primary N) is 3. The lowest BCUT2D eigenvalue weighted by atomic mass is 9.89. The highest BCUT2D eigenvalue weighted by Crippen LogP contribution is 2.49. The topological polar surface area (TPSA) is 819 Å². The van der Waals surface area contributed by atoms with E-state index in [4.69, 9.17) is 79.4 Å². The van der Waals surface area contributed by atoms with E-state index in [2.05, 4.69) is 46.4 Å². The molecule has 0 radical (unpaired) electrons. The first kappa shape index (κ1) is 94.6. The van der Waals surface area contributed by atoms with Crippen molar-refractivity contribution in [3.8, 4) is 34.5 Å². The largest absolute Gasteiger partial charge is 0.504 e. The number of nitrogens with one attached hydrogen (secondary N) is 3. The molecule has 9 amide bonds. The molecule has 3 aromatic heterocycles. The van der Waals surface area contributed by atoms with E-state index in [1.54, 1.807) is 0 Å². The van der Waals surface area contributed by atoms with Crippen molar-refractivity contribution in [3.63, 3.8) is 0 Å². The van der Waals surface area contributed by atoms with Crippen LogP contribution >= 0.6 is 34.0 Å². The van der Waals surface area contributed by atoms with Crippen LogP contribution in [-0.2, 0) is 154 Å². The molecule has 9 saturated heterocycles. The number of anilines is 3. The number of phenols is 6. The van der Waals surface area contributed by atoms with Crippen LogP contribution in [0, 0.1) is 0 Å². The maximum Gasteiger partial charge on any atom is 0.382 e. The van der Waals surface area contributed by atoms with Crippen LogP contribution in [0.3, 0.4) is 0 Å². The molecule has 58 nitrogen and oxygen atoms in total. The fourth-order valence-corrected chi connectivity index (χ4v) is 19.7. The monoisotopic (exact) mass is 2030 g/mol. The van der Waals surface area contributed by atoms with Crippen molar-refractivity contribution in [1.29, 1.82) is 0 Å². The molecule has 7 unspecified atom stereocenters. The summed E-state index contributed by atoms with van der Waals surface area (Å²) in [5.74, 6) is -31.3. The summed E-state index contributed by atoms with van der Waals surface area (Å²) in [5, 5.41) is 115. The number of ether oxygens (including phenoxy) is 7. The fraction of sp³-hybridized carbons (Fsp3) is 0.407. The Balaban J connectivity index is 0.633. The first-order valence-corrected chi connectivity index (χ1v) is 45.1. The predicted octanol–water partition coefficient (Wildman–Crippen LogP) is -4.27. The summed E-state index contributed by atoms with van der Waals surface area (Å²) < 4.78 is 40.5. The number of amides is 9. The van der Waals surface area contributed by atoms with Crippen molar-refractivity contribution >= 4 is 173 Å². The molecule has 13 atom stereocenters. The van der Waals surface area contributed by atoms with Gasteiger partial charge in [0.1, 0.15) is 73.2 Å². The number of nitrogen functional groups attached to an aromatic ring is 3. The Morgan fingerprint density at radius 2 is 0.768 bits per heavy atom. The van der Waals surface area contributed by atoms with Gasteiger partial charge in [0.2, 0.25) is 23.1 Å². The van der Waals surface area contributed by atoms with Gasteiger partial charge in [-0.2, -0.15) is 15.2 Å². The van der Waals surface area contributed by atoms with Crippen LogP contribution in [0.4, 0.5) is 15.4 Å². The third-order valence-corrected chi connectivity index (χ3v) is 27.5. The van der Waals surface area contributed by atoms with Crippen molar-refractivity contribution in [1.82, 2.24) is 60.8 Å². The van der Waals surface area contributed by atoms with Gasteiger partial charge in [-0.1, -0.05) is 15.5 Å². The number of oxime groups is 3. The number of hydrogen-bond donors (Lipinski definition) is 15. The Hall–Kier alpha value is -16.4. The Kier molecular flexibility index (Phi) is 23.2. The van der Waals surface area contributed by atoms with Crippen LogP contribution in [0.15, 0.2) is 68.0 Å². The highest BCUT2D eigenvalue weighted by atomic mass is 32.1. The molecule has 0 spiro atoms. The molecule has 19 rings (SSSR count). The minimum atomic E-state index is -3.50. The molecule has 61 heteroatoms. The van der Waals surface area contributed by atoms with Crippen molar-refractivity contribution in [2.24, 2.45) is 15.5 Å². The number of thiazole rings is 3. The van der Waals surface area contributed by atoms with Gasteiger partial charge in [0.25, 0.3) is 53.2 Å². The lowest BCUT2D eigenvalue weighted by Gasteiger charge is -2.40. The van der Waals surface area contributed by atoms with Gasteiger partial charge in [-0.05, 0) is 65.9 Å². The summed E-state index contributed by atoms with van der Waals surface area (Å²) in [4.78, 5) is 309. The second-order valence-electron chi connectivity index (χ2n) is 34.3. The van der Waals surface area contributed by atoms with Gasteiger partial charge in [0.05, 0.1) is 44.5 Å². The van der Waals surface area contributed by atoms with E-state index in [1.807, 2.05) is 0 Å². The number of carbonyl (C=O) groups is 18. The zero-order valence-corrected chi connectivity index (χ0v) is 74.6. The third kappa shape index (κ3) is 16.1. The zero-order valence-electron chi connectivity index (χ0n) is 72.1. The van der Waals surface area contributed by atoms with Crippen molar-refractivity contribution < 1.29 is 194 Å². The van der Waals surface area contributed by atoms with E-state index < -0.39 is 350 Å². The number of cyclic esters (lactones) is 3. The molecule has 15 heterocycles. The number of nitrogens with zero attached hydrogens (tertiary/aromatic N) is 12. The van der Waals surface area contributed by atoms with E-state index in [1.165, 1.54) is 10.8 Å². The van der Waals surface area contributed by atoms with Crippen LogP contribution in [0.5, 0.6) is 34.5 Å². The highest BCUT2D eigenvalue weighted by molar-refractivity contribution is 7.14. The first-order chi connectivity index (χ1) is 67.4. The maximum atomic E-state index is 16.1. The minimum Gasteiger partial charge on any atom is -0.504 e. The summed E-state index contributed by atoms with van der Waals surface area (Å²) in [5.41, 5.74) is -3.67. The van der Waals surface area contributed by atoms with Crippen molar-refractivity contribution in [2.45, 2.75) is 179 Å². The molecule has 744 valence electrons. The number of esters is 6. The van der Waals surface area contributed by atoms with E-state index in [9.17, 15) is 108 Å². The predicted molar refractivity (Wildman–Crippen MR) is 451 cm³/mol. The van der Waals surface area contributed by atoms with Crippen molar-refractivity contribution in [2.75, 3.05) is 43.6 Å². The smallest absolute Gasteiger partial charge is 0.382 e. The molecule has 1 aliphatic carbocycles. The quantitative estimate of drug-likeness (QED) is 0.00552. The van der Waals surface area contributed by atoms with Gasteiger partial charge in [0.15, 0.2) is 67.0 Å². The number of aromatic hydroxyl groups is 6. The summed E-state index contributed by atoms with van der Waals surface area (Å²) in [6, 6.07) is -5.89. The van der Waals surface area contributed by atoms with Gasteiger partial charge in [-0.25, -0.2) is 58.1 Å². The summed E-state index contributed by atoms with van der Waals surface area (Å²) in [6.07, 6.45) is -10.4. The minimum absolute atomic E-state index is 0.0279. The number of hydrogen-bond acceptors (Lipinski definition) is 49. The molecule has 10 fully saturated rings. The molecule has 12 aliphatic heterocycles. The fourth-order valence-electron chi connectivity index (χ4n) is 18.0. The number of benzene rings is 3. The zero-order chi connectivity index (χ0) is 101. The van der Waals surface area contributed by atoms with E-state index in [-0.39, 0.29) is 95.3 Å². The molecule has 1 saturated carbocycles. The lowest BCUT2D eigenvalue weighted by Crippen LogP contribution is -2.60. The number of phenolic OH excluding ortho intramolecular Hbond substituents is 6. The van der Waals surface area contributed by atoms with Gasteiger partial charge in [-0.15, -0.1) is 34.0 Å². The van der Waals surface area contributed by atoms with Crippen LogP contribution < -0.4 is 33.2 Å². The molecule has 3 aromatic carbocycles. The van der Waals surface area contributed by atoms with Crippen LogP contribution in [0.2, 0.25) is 0 Å². The number of carboxylic acids is 3. The number of aliphatic carboxylic acids is 3. The molecule has 13 aliphatic rings. The Labute approximate surface area is 800 Å². The average molecular weight is 2030 g/mol. The van der Waals surface area contributed by atoms with Crippen LogP contribution in [-0.4, -0.2) is 330 Å². The van der Waals surface area contributed by atoms with Crippen molar-refractivity contribution in [3.05, 3.63) is 103 Å². The lowest BCUT2D eigenvalue weighted by molar-refractivity contribution is -0.263. The number of aromatic nitrogens is 3. The SMILES string of the molecule is Nc1nc(/C(=N/OC2(C(=O)OC(=O)C3(N4OC[C@H](NC(=O)/C(=N\OC5(C(=O)O)CC5)c5csc(N)n5)C4=O)C[C@H](N4Cc5cc(O)c(O)cc5C4=O)C(=O)O3)CCOC(OC(=O)C3(O/N=C(\C(=O)N[C@H]4CON(C5(C(=O)O)C[C@H](N6Cc7cc(O)c(O)cc7C6=O)C(=O)O5)C4=O)c4csc(N)n4)CC4CCC(C3)O4)C2)C(=O)N[C@H]2CON(C3(C(=O)O)C[C@H](N4Cc5cc(O)c(O)cc5C4=O)C(=O)O3)C2=O)cs1. The van der Waals surface area contributed by atoms with Gasteiger partial charge >= 0.3 is 70.9 Å². The molecule has 142 heavy (non-hydrogen) atoms. The molecule has 6 aromatic rings. The third-order valence-electron chi connectivity index (χ3n) is 25.5. The number of hydroxylamine groups is 6. The Morgan fingerprint density at radius 3 is 1.12 bits per heavy atom. The second kappa shape index (κ2) is 34.9. The van der Waals surface area contributed by atoms with E-state index in [0.29, 0.717) is 11.3 Å². The van der Waals surface area contributed by atoms with Gasteiger partial charge in [-0.3, -0.25) is 57.7 Å². The summed E-state index contributed by atoms with van der Waals surface area (Å²) in [6.45, 7) is -5.30. The molecular formula is C81H72N18O40S3. The molecule has 2 bridgehead atoms. The summed E-state index contributed by atoms with van der Waals surface area (Å²) >= 11 is 2.15. The number of carbonyl (C=O) groups excluding carboxylic acids is 15. The molecular weight excluding hydrogens is 1960 g/mol. The van der Waals surface area contributed by atoms with Crippen LogP contribution in [0.25, 0.3) is 0 Å². The number of fused-ring (bicyclic) bond motifs is 5. The van der Waals surface area contributed by atoms with E-state index in [0.717, 1.165) is 79.2 Å². The van der Waals surface area contributed by atoms with Crippen LogP contribution in [0.1, 0.15) is 135 Å². The van der Waals surface area contributed by atoms with Gasteiger partial charge < -0.3 is 141 Å². The first-order valence-electron chi connectivity index (χ1n) is 42.4. The van der Waals surface area contributed by atoms with E-state index >= 15 is 24.0 Å². The average Bonchev–Trinajstić information content (AvgIpc) is 1.58. The Morgan fingerprint density at radius 1 is 0.423 bits per heavy atom. The second-order valence-corrected chi connectivity index (χ2v) is 37.0. The normalized spacial score (nSPS) is 28.5. The summed E-state index contributed by atoms with van der Waals surface area (Å²) in [7, 11) is 0. The maximum absolute atomic E-state index is 16.1. The standard InChI is InChI=1S/C81H72N18O40S3/c82-73-88-39(25-140-73)52(91-137-76(3-4-76)67(118)119)55(106)87-38-24-130-99(63(38)114)81(17-44(66(117)136-81)96-21-30-9-47(102)50(105)12-35(30)60(96)111)72(126)133-70(124)77(138-92-53(40-26-141-74(83)89-40)56(107)85-36-22-128-97(61(36)112)79(68(120)121)15-42(64(115)134-79)94-19-28-7-45(100)48(103)10-33(28)58(94)109)5-6-127-51(18-77)132-71(125)78(13-31-1-2-32(14-78)131-31)139-93-54(41-27-142-75(84)90-41)57(108)86-37-23-129-98(62(37)113)80(69(122)123)16-43(65(116)135-80)95-20-29-8-46(101)49(104)11-34(29)59(95)110/h7-12,25-27,31-32,36-38,42-44,51,100-105H,1-6,13-24H2,(H2,82,88)(H2,83,89)(H2,84,90)(H,85,107)(H,86,108)(H,87,106)(H,118,119)(H,120,121)(H,122,123)/b91-52-,92-53-,93-54-/t31?,32?,36-,37-,38-,42-,43-,44-,51?,77?,78?,79?,80?,81?/m0/s1. The number of rotatable bonds is 28. The Bertz CT molecular complexity index is 6660. The number of carboxylic acid groups (broad SMARTS) is 3. The van der Waals surface area contributed by atoms with Gasteiger partial charge in [0, 0.05) is 84.6 Å². The highest BCUT2D eigenvalue weighted by Gasteiger charge is 2.70.